The molecule has 0 aliphatic carbocycles. The molecule has 0 bridgehead atoms. The molecule has 1 heterocycles. The third-order valence-electron chi connectivity index (χ3n) is 1.20. The predicted octanol–water partition coefficient (Wildman–Crippen LogP) is 0.806. The van der Waals surface area contributed by atoms with Crippen molar-refractivity contribution in [1.29, 1.82) is 0 Å². The first-order chi connectivity index (χ1) is 4.75. The Balaban J connectivity index is 2.93. The van der Waals surface area contributed by atoms with Crippen LogP contribution >= 0.6 is 0 Å². The summed E-state index contributed by atoms with van der Waals surface area (Å²) in [4.78, 5) is 14.6. The summed E-state index contributed by atoms with van der Waals surface area (Å²) in [5.74, 6) is 0.631. The van der Waals surface area contributed by atoms with Crippen molar-refractivity contribution in [2.24, 2.45) is 0 Å². The van der Waals surface area contributed by atoms with Gasteiger partial charge >= 0.3 is 6.09 Å². The van der Waals surface area contributed by atoms with E-state index in [4.69, 9.17) is 0 Å². The Bertz CT molecular complexity index is 242. The lowest BCUT2D eigenvalue weighted by Crippen LogP contribution is -2.11. The summed E-state index contributed by atoms with van der Waals surface area (Å²) in [6.45, 7) is 1.73. The van der Waals surface area contributed by atoms with Crippen LogP contribution in [0.25, 0.3) is 0 Å². The van der Waals surface area contributed by atoms with Crippen LogP contribution in [0.4, 0.5) is 4.79 Å². The van der Waals surface area contributed by atoms with Crippen LogP contribution in [0.3, 0.4) is 0 Å². The molecule has 0 saturated carbocycles. The molecule has 0 aromatic carbocycles. The second-order valence-corrected chi connectivity index (χ2v) is 1.81. The Morgan fingerprint density at radius 1 is 1.80 bits per heavy atom. The first kappa shape index (κ1) is 6.80. The predicted molar refractivity (Wildman–Crippen MR) is 34.8 cm³/mol. The van der Waals surface area contributed by atoms with Crippen LogP contribution in [0.15, 0.2) is 12.4 Å². The zero-order valence-electron chi connectivity index (χ0n) is 5.87. The average molecular weight is 140 g/mol. The number of nitrogens with zero attached hydrogens (tertiary/aromatic N) is 2. The van der Waals surface area contributed by atoms with Crippen LogP contribution < -0.4 is 0 Å². The minimum absolute atomic E-state index is 0.407. The van der Waals surface area contributed by atoms with Crippen molar-refractivity contribution < 1.29 is 9.53 Å². The topological polar surface area (TPSA) is 44.1 Å². The standard InChI is InChI=1S/C6H8N2O2/c1-5-7-3-4-8(5)6(9)10-2/h3-4H,1-2H3. The van der Waals surface area contributed by atoms with Crippen LogP contribution in [0.2, 0.25) is 0 Å². The molecule has 0 unspecified atom stereocenters. The van der Waals surface area contributed by atoms with Gasteiger partial charge in [0.05, 0.1) is 7.11 Å². The van der Waals surface area contributed by atoms with E-state index in [2.05, 4.69) is 9.72 Å². The summed E-state index contributed by atoms with van der Waals surface area (Å²) >= 11 is 0. The molecule has 0 spiro atoms. The number of hydrogen-bond donors (Lipinski definition) is 0. The molecule has 0 radical (unpaired) electrons. The molecule has 0 saturated heterocycles. The molecule has 4 nitrogen and oxygen atoms in total. The van der Waals surface area contributed by atoms with Gasteiger partial charge in [-0.1, -0.05) is 0 Å². The van der Waals surface area contributed by atoms with Crippen molar-refractivity contribution >= 4 is 6.09 Å². The fourth-order valence-corrected chi connectivity index (χ4v) is 0.669. The van der Waals surface area contributed by atoms with Crippen molar-refractivity contribution in [3.8, 4) is 0 Å². The van der Waals surface area contributed by atoms with E-state index in [1.807, 2.05) is 0 Å². The summed E-state index contributed by atoms with van der Waals surface area (Å²) in [6.07, 6.45) is 2.70. The van der Waals surface area contributed by atoms with Gasteiger partial charge in [-0.25, -0.2) is 14.3 Å². The maximum absolute atomic E-state index is 10.8. The van der Waals surface area contributed by atoms with Gasteiger partial charge in [0.25, 0.3) is 0 Å². The average Bonchev–Trinajstić information content (AvgIpc) is 2.34. The number of ether oxygens (including phenoxy) is 1. The number of imidazole rings is 1. The summed E-state index contributed by atoms with van der Waals surface area (Å²) in [7, 11) is 1.34. The monoisotopic (exact) mass is 140 g/mol. The van der Waals surface area contributed by atoms with Crippen molar-refractivity contribution in [1.82, 2.24) is 9.55 Å². The highest BCUT2D eigenvalue weighted by atomic mass is 16.5. The largest absolute Gasteiger partial charge is 0.452 e. The lowest BCUT2D eigenvalue weighted by atomic mass is 10.7. The van der Waals surface area contributed by atoms with Crippen molar-refractivity contribution in [3.63, 3.8) is 0 Å². The first-order valence-electron chi connectivity index (χ1n) is 2.84. The third kappa shape index (κ3) is 1.00. The van der Waals surface area contributed by atoms with E-state index in [0.717, 1.165) is 0 Å². The van der Waals surface area contributed by atoms with E-state index in [0.29, 0.717) is 5.82 Å². The molecule has 1 aromatic rings. The Labute approximate surface area is 58.4 Å². The lowest BCUT2D eigenvalue weighted by Gasteiger charge is -1.98. The zero-order chi connectivity index (χ0) is 7.56. The normalized spacial score (nSPS) is 9.40. The van der Waals surface area contributed by atoms with Crippen LogP contribution in [0.1, 0.15) is 5.82 Å². The lowest BCUT2D eigenvalue weighted by molar-refractivity contribution is 0.172. The Morgan fingerprint density at radius 3 is 2.90 bits per heavy atom. The van der Waals surface area contributed by atoms with Gasteiger partial charge < -0.3 is 4.74 Å². The number of rotatable bonds is 0. The van der Waals surface area contributed by atoms with E-state index in [-0.39, 0.29) is 0 Å². The highest BCUT2D eigenvalue weighted by molar-refractivity contribution is 5.70. The zero-order valence-corrected chi connectivity index (χ0v) is 5.87. The van der Waals surface area contributed by atoms with Gasteiger partial charge in [0.1, 0.15) is 5.82 Å². The number of carbonyl (C=O) groups excluding carboxylic acids is 1. The Kier molecular flexibility index (Phi) is 1.71. The van der Waals surface area contributed by atoms with Crippen LogP contribution in [-0.2, 0) is 4.74 Å². The molecule has 54 valence electrons. The first-order valence-corrected chi connectivity index (χ1v) is 2.84. The molecule has 0 fully saturated rings. The molecule has 0 aliphatic rings. The maximum atomic E-state index is 10.8. The molecular weight excluding hydrogens is 132 g/mol. The van der Waals surface area contributed by atoms with E-state index in [1.165, 1.54) is 11.7 Å². The molecule has 0 aliphatic heterocycles. The molecular formula is C6H8N2O2. The molecule has 10 heavy (non-hydrogen) atoms. The van der Waals surface area contributed by atoms with E-state index in [1.54, 1.807) is 19.3 Å². The highest BCUT2D eigenvalue weighted by Gasteiger charge is 2.04. The van der Waals surface area contributed by atoms with Gasteiger partial charge in [0, 0.05) is 12.4 Å². The van der Waals surface area contributed by atoms with Crippen LogP contribution in [-0.4, -0.2) is 22.8 Å². The van der Waals surface area contributed by atoms with Gasteiger partial charge in [0.15, 0.2) is 0 Å². The van der Waals surface area contributed by atoms with Gasteiger partial charge in [-0.3, -0.25) is 0 Å². The molecule has 0 amide bonds. The SMILES string of the molecule is COC(=O)n1ccnc1C. The minimum Gasteiger partial charge on any atom is -0.452 e. The molecule has 1 rings (SSSR count). The van der Waals surface area contributed by atoms with E-state index >= 15 is 0 Å². The van der Waals surface area contributed by atoms with Gasteiger partial charge in [-0.2, -0.15) is 0 Å². The van der Waals surface area contributed by atoms with E-state index in [9.17, 15) is 4.79 Å². The molecule has 0 atom stereocenters. The fourth-order valence-electron chi connectivity index (χ4n) is 0.669. The number of aryl methyl sites for hydroxylation is 1. The summed E-state index contributed by atoms with van der Waals surface area (Å²) in [6, 6.07) is 0. The minimum atomic E-state index is -0.407. The quantitative estimate of drug-likeness (QED) is 0.535. The van der Waals surface area contributed by atoms with E-state index < -0.39 is 6.09 Å². The van der Waals surface area contributed by atoms with Gasteiger partial charge in [0.2, 0.25) is 0 Å². The summed E-state index contributed by atoms with van der Waals surface area (Å²) in [5, 5.41) is 0. The summed E-state index contributed by atoms with van der Waals surface area (Å²) < 4.78 is 5.79. The van der Waals surface area contributed by atoms with Gasteiger partial charge in [-0.15, -0.1) is 0 Å². The highest BCUT2D eigenvalue weighted by Crippen LogP contribution is 1.94. The molecule has 4 heteroatoms. The van der Waals surface area contributed by atoms with Crippen molar-refractivity contribution in [2.45, 2.75) is 6.92 Å². The molecule has 1 aromatic heterocycles. The van der Waals surface area contributed by atoms with Gasteiger partial charge in [-0.05, 0) is 6.92 Å². The number of aromatic nitrogens is 2. The summed E-state index contributed by atoms with van der Waals surface area (Å²) in [5.41, 5.74) is 0. The second kappa shape index (κ2) is 2.51. The van der Waals surface area contributed by atoms with Crippen LogP contribution in [0.5, 0.6) is 0 Å². The smallest absolute Gasteiger partial charge is 0.419 e. The fraction of sp³-hybridized carbons (Fsp3) is 0.333. The number of carbonyl (C=O) groups is 1. The Hall–Kier alpha value is -1.32. The molecule has 0 N–H and O–H groups in total. The Morgan fingerprint density at radius 2 is 2.50 bits per heavy atom. The second-order valence-electron chi connectivity index (χ2n) is 1.81. The van der Waals surface area contributed by atoms with Crippen molar-refractivity contribution in [3.05, 3.63) is 18.2 Å². The third-order valence-corrected chi connectivity index (χ3v) is 1.20. The maximum Gasteiger partial charge on any atom is 0.419 e. The number of hydrogen-bond acceptors (Lipinski definition) is 3. The van der Waals surface area contributed by atoms with Crippen LogP contribution in [0, 0.1) is 6.92 Å². The number of methoxy groups -OCH3 is 1. The van der Waals surface area contributed by atoms with Crippen molar-refractivity contribution in [2.75, 3.05) is 7.11 Å².